The molecule has 120 valence electrons. The van der Waals surface area contributed by atoms with E-state index in [1.165, 1.54) is 0 Å². The Morgan fingerprint density at radius 2 is 2.09 bits per heavy atom. The quantitative estimate of drug-likeness (QED) is 0.589. The monoisotopic (exact) mass is 303 g/mol. The summed E-state index contributed by atoms with van der Waals surface area (Å²) in [5.41, 5.74) is 0.695. The van der Waals surface area contributed by atoms with Crippen LogP contribution in [0.2, 0.25) is 0 Å². The third-order valence-corrected chi connectivity index (χ3v) is 3.78. The molecule has 0 fully saturated rings. The number of carbonyl (C=O) groups excluding carboxylic acids is 1. The van der Waals surface area contributed by atoms with Gasteiger partial charge in [-0.2, -0.15) is 5.26 Å². The first kappa shape index (κ1) is 18.3. The van der Waals surface area contributed by atoms with E-state index in [9.17, 15) is 15.2 Å². The van der Waals surface area contributed by atoms with Crippen molar-refractivity contribution in [3.8, 4) is 6.07 Å². The van der Waals surface area contributed by atoms with E-state index in [1.54, 1.807) is 32.0 Å². The van der Waals surface area contributed by atoms with Gasteiger partial charge in [-0.1, -0.05) is 38.5 Å². The molecular weight excluding hydrogens is 278 g/mol. The molecule has 0 amide bonds. The smallest absolute Gasteiger partial charge is 0.220 e. The van der Waals surface area contributed by atoms with Gasteiger partial charge < -0.3 is 9.84 Å². The van der Waals surface area contributed by atoms with Crippen LogP contribution in [0.3, 0.4) is 0 Å². The number of rotatable bonds is 8. The van der Waals surface area contributed by atoms with E-state index in [0.29, 0.717) is 12.0 Å². The molecule has 2 atom stereocenters. The van der Waals surface area contributed by atoms with E-state index in [-0.39, 0.29) is 0 Å². The Hall–Kier alpha value is -1.70. The Bertz CT molecular complexity index is 546. The molecule has 0 aliphatic carbocycles. The maximum absolute atomic E-state index is 12.3. The summed E-state index contributed by atoms with van der Waals surface area (Å²) in [4.78, 5) is 12.3. The SMILES string of the molecule is CCCC(OC(O)C(=O)c1cccc(CC)c1)C(C)(C)C#N. The molecule has 2 unspecified atom stereocenters. The number of nitriles is 1. The van der Waals surface area contributed by atoms with Gasteiger partial charge >= 0.3 is 0 Å². The molecule has 4 heteroatoms. The number of hydrogen-bond donors (Lipinski definition) is 1. The summed E-state index contributed by atoms with van der Waals surface area (Å²) in [5.74, 6) is -0.467. The van der Waals surface area contributed by atoms with Gasteiger partial charge in [0.25, 0.3) is 0 Å². The summed E-state index contributed by atoms with van der Waals surface area (Å²) in [6.45, 7) is 7.48. The first-order valence-corrected chi connectivity index (χ1v) is 7.73. The number of aryl methyl sites for hydroxylation is 1. The average molecular weight is 303 g/mol. The highest BCUT2D eigenvalue weighted by Gasteiger charge is 2.33. The standard InChI is InChI=1S/C18H25NO3/c1-5-8-15(18(3,4)12-19)22-17(21)16(20)14-10-7-9-13(6-2)11-14/h7,9-11,15,17,21H,5-6,8H2,1-4H3. The van der Waals surface area contributed by atoms with Crippen LogP contribution in [0.1, 0.15) is 56.5 Å². The van der Waals surface area contributed by atoms with Gasteiger partial charge in [-0.05, 0) is 38.3 Å². The van der Waals surface area contributed by atoms with Crippen molar-refractivity contribution in [1.29, 1.82) is 5.26 Å². The number of Topliss-reactive ketones (excluding diaryl/α,β-unsaturated/α-hetero) is 1. The molecule has 0 bridgehead atoms. The predicted molar refractivity (Wildman–Crippen MR) is 85.3 cm³/mol. The van der Waals surface area contributed by atoms with Crippen molar-refractivity contribution in [1.82, 2.24) is 0 Å². The van der Waals surface area contributed by atoms with Gasteiger partial charge in [0.1, 0.15) is 0 Å². The summed E-state index contributed by atoms with van der Waals surface area (Å²) >= 11 is 0. The molecule has 0 aliphatic heterocycles. The Morgan fingerprint density at radius 1 is 1.41 bits per heavy atom. The van der Waals surface area contributed by atoms with Crippen LogP contribution in [0, 0.1) is 16.7 Å². The van der Waals surface area contributed by atoms with Crippen LogP contribution in [0.4, 0.5) is 0 Å². The van der Waals surface area contributed by atoms with Crippen molar-refractivity contribution >= 4 is 5.78 Å². The summed E-state index contributed by atoms with van der Waals surface area (Å²) in [6, 6.07) is 9.34. The second-order valence-electron chi connectivity index (χ2n) is 6.02. The first-order chi connectivity index (χ1) is 10.4. The van der Waals surface area contributed by atoms with E-state index < -0.39 is 23.6 Å². The van der Waals surface area contributed by atoms with Crippen molar-refractivity contribution < 1.29 is 14.6 Å². The lowest BCUT2D eigenvalue weighted by Crippen LogP contribution is -2.37. The summed E-state index contributed by atoms with van der Waals surface area (Å²) < 4.78 is 5.52. The van der Waals surface area contributed by atoms with Crippen molar-refractivity contribution in [2.75, 3.05) is 0 Å². The summed E-state index contributed by atoms with van der Waals surface area (Å²) in [5, 5.41) is 19.3. The van der Waals surface area contributed by atoms with Gasteiger partial charge in [-0.3, -0.25) is 4.79 Å². The molecule has 1 aromatic rings. The molecular formula is C18H25NO3. The second-order valence-corrected chi connectivity index (χ2v) is 6.02. The van der Waals surface area contributed by atoms with Crippen molar-refractivity contribution in [3.05, 3.63) is 35.4 Å². The third kappa shape index (κ3) is 4.66. The fourth-order valence-corrected chi connectivity index (χ4v) is 2.24. The minimum atomic E-state index is -1.55. The molecule has 0 radical (unpaired) electrons. The fraction of sp³-hybridized carbons (Fsp3) is 0.556. The first-order valence-electron chi connectivity index (χ1n) is 7.73. The van der Waals surface area contributed by atoms with Crippen molar-refractivity contribution in [3.63, 3.8) is 0 Å². The highest BCUT2D eigenvalue weighted by molar-refractivity contribution is 5.98. The summed E-state index contributed by atoms with van der Waals surface area (Å²) in [7, 11) is 0. The van der Waals surface area contributed by atoms with E-state index in [0.717, 1.165) is 18.4 Å². The maximum Gasteiger partial charge on any atom is 0.220 e. The Kier molecular flexibility index (Phi) is 6.73. The van der Waals surface area contributed by atoms with Crippen LogP contribution < -0.4 is 0 Å². The van der Waals surface area contributed by atoms with E-state index >= 15 is 0 Å². The minimum Gasteiger partial charge on any atom is -0.362 e. The minimum absolute atomic E-state index is 0.428. The zero-order valence-electron chi connectivity index (χ0n) is 13.8. The molecule has 0 heterocycles. The topological polar surface area (TPSA) is 70.3 Å². The van der Waals surface area contributed by atoms with Crippen LogP contribution in [0.5, 0.6) is 0 Å². The van der Waals surface area contributed by atoms with Crippen LogP contribution >= 0.6 is 0 Å². The summed E-state index contributed by atoms with van der Waals surface area (Å²) in [6.07, 6.45) is 0.201. The van der Waals surface area contributed by atoms with Gasteiger partial charge in [0, 0.05) is 5.56 Å². The normalized spacial score (nSPS) is 14.2. The van der Waals surface area contributed by atoms with Gasteiger partial charge in [-0.25, -0.2) is 0 Å². The Morgan fingerprint density at radius 3 is 2.64 bits per heavy atom. The molecule has 0 saturated carbocycles. The van der Waals surface area contributed by atoms with Crippen LogP contribution in [-0.4, -0.2) is 23.3 Å². The molecule has 0 spiro atoms. The number of hydrogen-bond acceptors (Lipinski definition) is 4. The molecule has 1 aromatic carbocycles. The van der Waals surface area contributed by atoms with Crippen LogP contribution in [0.15, 0.2) is 24.3 Å². The zero-order chi connectivity index (χ0) is 16.8. The largest absolute Gasteiger partial charge is 0.362 e. The molecule has 0 aliphatic rings. The lowest BCUT2D eigenvalue weighted by Gasteiger charge is -2.29. The molecule has 0 saturated heterocycles. The number of carbonyl (C=O) groups is 1. The molecule has 22 heavy (non-hydrogen) atoms. The van der Waals surface area contributed by atoms with Crippen LogP contribution in [-0.2, 0) is 11.2 Å². The molecule has 0 aromatic heterocycles. The Labute approximate surface area is 132 Å². The van der Waals surface area contributed by atoms with Gasteiger partial charge in [-0.15, -0.1) is 0 Å². The highest BCUT2D eigenvalue weighted by atomic mass is 16.6. The lowest BCUT2D eigenvalue weighted by atomic mass is 9.85. The number of benzene rings is 1. The van der Waals surface area contributed by atoms with Gasteiger partial charge in [0.2, 0.25) is 12.1 Å². The molecule has 1 N–H and O–H groups in total. The Balaban J connectivity index is 2.87. The van der Waals surface area contributed by atoms with Gasteiger partial charge in [0.15, 0.2) is 0 Å². The van der Waals surface area contributed by atoms with E-state index in [1.807, 2.05) is 19.9 Å². The third-order valence-electron chi connectivity index (χ3n) is 3.78. The van der Waals surface area contributed by atoms with E-state index in [4.69, 9.17) is 4.74 Å². The highest BCUT2D eigenvalue weighted by Crippen LogP contribution is 2.27. The van der Waals surface area contributed by atoms with E-state index in [2.05, 4.69) is 6.07 Å². The van der Waals surface area contributed by atoms with Crippen molar-refractivity contribution in [2.45, 2.75) is 59.4 Å². The zero-order valence-corrected chi connectivity index (χ0v) is 13.8. The number of aliphatic hydroxyl groups excluding tert-OH is 1. The number of aliphatic hydroxyl groups is 1. The molecule has 4 nitrogen and oxygen atoms in total. The molecule has 1 rings (SSSR count). The maximum atomic E-state index is 12.3. The fourth-order valence-electron chi connectivity index (χ4n) is 2.24. The lowest BCUT2D eigenvalue weighted by molar-refractivity contribution is -0.134. The number of ether oxygens (including phenoxy) is 1. The number of ketones is 1. The predicted octanol–water partition coefficient (Wildman–Crippen LogP) is 3.49. The van der Waals surface area contributed by atoms with Crippen molar-refractivity contribution in [2.24, 2.45) is 5.41 Å². The average Bonchev–Trinajstić information content (AvgIpc) is 2.53. The second kappa shape index (κ2) is 8.07. The number of nitrogens with zero attached hydrogens (tertiary/aromatic N) is 1. The van der Waals surface area contributed by atoms with Crippen LogP contribution in [0.25, 0.3) is 0 Å². The van der Waals surface area contributed by atoms with Gasteiger partial charge in [0.05, 0.1) is 17.6 Å².